The molecule has 4 nitrogen and oxygen atoms in total. The number of hydrogen-bond acceptors (Lipinski definition) is 3. The number of benzene rings is 1. The Labute approximate surface area is 69.2 Å². The van der Waals surface area contributed by atoms with Crippen LogP contribution in [-0.4, -0.2) is 4.92 Å². The standard InChI is InChI=1S/C8H6N2O2/c1-6-4-8(10(11)12)3-2-7(6)5-9/h2-4H,1H3. The Morgan fingerprint density at radius 1 is 1.58 bits per heavy atom. The molecule has 0 spiro atoms. The molecule has 0 aliphatic carbocycles. The van der Waals surface area contributed by atoms with E-state index >= 15 is 0 Å². The number of aryl methyl sites for hydroxylation is 1. The summed E-state index contributed by atoms with van der Waals surface area (Å²) in [4.78, 5) is 9.80. The predicted molar refractivity (Wildman–Crippen MR) is 42.5 cm³/mol. The van der Waals surface area contributed by atoms with Crippen molar-refractivity contribution in [3.63, 3.8) is 0 Å². The fraction of sp³-hybridized carbons (Fsp3) is 0.125. The van der Waals surface area contributed by atoms with E-state index in [1.54, 1.807) is 6.92 Å². The summed E-state index contributed by atoms with van der Waals surface area (Å²) in [5, 5.41) is 18.8. The van der Waals surface area contributed by atoms with Gasteiger partial charge in [0.1, 0.15) is 0 Å². The molecule has 12 heavy (non-hydrogen) atoms. The van der Waals surface area contributed by atoms with Gasteiger partial charge in [-0.3, -0.25) is 10.1 Å². The van der Waals surface area contributed by atoms with E-state index in [4.69, 9.17) is 5.26 Å². The molecule has 60 valence electrons. The van der Waals surface area contributed by atoms with E-state index in [0.29, 0.717) is 11.1 Å². The minimum Gasteiger partial charge on any atom is -0.258 e. The Hall–Kier alpha value is -1.89. The normalized spacial score (nSPS) is 9.00. The Kier molecular flexibility index (Phi) is 2.06. The summed E-state index contributed by atoms with van der Waals surface area (Å²) in [6.45, 7) is 1.67. The van der Waals surface area contributed by atoms with Crippen LogP contribution in [0.5, 0.6) is 0 Å². The molecule has 4 heteroatoms. The fourth-order valence-corrected chi connectivity index (χ4v) is 0.887. The van der Waals surface area contributed by atoms with Crippen LogP contribution in [0.3, 0.4) is 0 Å². The molecule has 0 fully saturated rings. The first-order valence-corrected chi connectivity index (χ1v) is 3.30. The minimum atomic E-state index is -0.478. The van der Waals surface area contributed by atoms with Crippen LogP contribution < -0.4 is 0 Å². The van der Waals surface area contributed by atoms with Crippen LogP contribution in [0.15, 0.2) is 18.2 Å². The van der Waals surface area contributed by atoms with Crippen molar-refractivity contribution < 1.29 is 4.92 Å². The lowest BCUT2D eigenvalue weighted by atomic mass is 10.1. The number of rotatable bonds is 1. The third-order valence-electron chi connectivity index (χ3n) is 1.54. The summed E-state index contributed by atoms with van der Waals surface area (Å²) in [6, 6.07) is 6.10. The molecule has 0 radical (unpaired) electrons. The van der Waals surface area contributed by atoms with Gasteiger partial charge in [0.05, 0.1) is 16.6 Å². The van der Waals surface area contributed by atoms with Crippen LogP contribution >= 0.6 is 0 Å². The molecule has 0 amide bonds. The largest absolute Gasteiger partial charge is 0.269 e. The van der Waals surface area contributed by atoms with Gasteiger partial charge in [-0.25, -0.2) is 0 Å². The molecule has 0 bridgehead atoms. The van der Waals surface area contributed by atoms with Gasteiger partial charge in [-0.1, -0.05) is 0 Å². The van der Waals surface area contributed by atoms with Crippen molar-refractivity contribution in [2.45, 2.75) is 6.92 Å². The maximum absolute atomic E-state index is 10.3. The van der Waals surface area contributed by atoms with Crippen molar-refractivity contribution in [2.24, 2.45) is 0 Å². The van der Waals surface area contributed by atoms with E-state index in [2.05, 4.69) is 0 Å². The summed E-state index contributed by atoms with van der Waals surface area (Å²) < 4.78 is 0. The first-order valence-electron chi connectivity index (χ1n) is 3.30. The summed E-state index contributed by atoms with van der Waals surface area (Å²) >= 11 is 0. The van der Waals surface area contributed by atoms with Crippen molar-refractivity contribution in [2.75, 3.05) is 0 Å². The van der Waals surface area contributed by atoms with E-state index in [-0.39, 0.29) is 5.69 Å². The second-order valence-electron chi connectivity index (χ2n) is 2.37. The summed E-state index contributed by atoms with van der Waals surface area (Å²) in [6.07, 6.45) is 0. The number of non-ortho nitro benzene ring substituents is 1. The van der Waals surface area contributed by atoms with Gasteiger partial charge in [-0.05, 0) is 18.6 Å². The van der Waals surface area contributed by atoms with Gasteiger partial charge in [-0.2, -0.15) is 5.26 Å². The fourth-order valence-electron chi connectivity index (χ4n) is 0.887. The Morgan fingerprint density at radius 2 is 2.25 bits per heavy atom. The number of nitrogens with zero attached hydrogens (tertiary/aromatic N) is 2. The van der Waals surface area contributed by atoms with Gasteiger partial charge in [0.2, 0.25) is 0 Å². The Bertz CT molecular complexity index is 366. The monoisotopic (exact) mass is 162 g/mol. The quantitative estimate of drug-likeness (QED) is 0.466. The maximum atomic E-state index is 10.3. The lowest BCUT2D eigenvalue weighted by molar-refractivity contribution is -0.384. The van der Waals surface area contributed by atoms with Gasteiger partial charge in [0.25, 0.3) is 5.69 Å². The molecule has 0 aliphatic rings. The molecule has 0 heterocycles. The summed E-state index contributed by atoms with van der Waals surface area (Å²) in [5.74, 6) is 0. The van der Waals surface area contributed by atoms with Crippen molar-refractivity contribution in [1.82, 2.24) is 0 Å². The van der Waals surface area contributed by atoms with Crippen molar-refractivity contribution >= 4 is 5.69 Å². The highest BCUT2D eigenvalue weighted by molar-refractivity contribution is 5.44. The summed E-state index contributed by atoms with van der Waals surface area (Å²) in [5.41, 5.74) is 1.12. The average Bonchev–Trinajstić information content (AvgIpc) is 2.04. The van der Waals surface area contributed by atoms with E-state index in [1.165, 1.54) is 18.2 Å². The molecule has 1 aromatic carbocycles. The highest BCUT2D eigenvalue weighted by Gasteiger charge is 2.06. The van der Waals surface area contributed by atoms with Crippen LogP contribution in [0.2, 0.25) is 0 Å². The Balaban J connectivity index is 3.21. The lowest BCUT2D eigenvalue weighted by Crippen LogP contribution is -1.89. The molecule has 0 N–H and O–H groups in total. The minimum absolute atomic E-state index is 0.0199. The molecule has 1 rings (SSSR count). The second kappa shape index (κ2) is 3.01. The van der Waals surface area contributed by atoms with Gasteiger partial charge in [0, 0.05) is 12.1 Å². The zero-order valence-corrected chi connectivity index (χ0v) is 6.44. The van der Waals surface area contributed by atoms with Gasteiger partial charge >= 0.3 is 0 Å². The third-order valence-corrected chi connectivity index (χ3v) is 1.54. The average molecular weight is 162 g/mol. The molecular weight excluding hydrogens is 156 g/mol. The molecule has 0 aromatic heterocycles. The molecule has 0 atom stereocenters. The zero-order valence-electron chi connectivity index (χ0n) is 6.44. The Morgan fingerprint density at radius 3 is 2.67 bits per heavy atom. The smallest absolute Gasteiger partial charge is 0.258 e. The first kappa shape index (κ1) is 8.21. The van der Waals surface area contributed by atoms with E-state index in [0.717, 1.165) is 0 Å². The summed E-state index contributed by atoms with van der Waals surface area (Å²) in [7, 11) is 0. The molecule has 0 saturated heterocycles. The highest BCUT2D eigenvalue weighted by atomic mass is 16.6. The lowest BCUT2D eigenvalue weighted by Gasteiger charge is -1.95. The van der Waals surface area contributed by atoms with Crippen LogP contribution in [0.4, 0.5) is 5.69 Å². The first-order chi connectivity index (χ1) is 5.65. The van der Waals surface area contributed by atoms with Crippen LogP contribution in [0, 0.1) is 28.4 Å². The second-order valence-corrected chi connectivity index (χ2v) is 2.37. The van der Waals surface area contributed by atoms with Crippen LogP contribution in [0.1, 0.15) is 11.1 Å². The van der Waals surface area contributed by atoms with Crippen molar-refractivity contribution in [3.05, 3.63) is 39.4 Å². The van der Waals surface area contributed by atoms with Gasteiger partial charge in [0.15, 0.2) is 0 Å². The SMILES string of the molecule is Cc1cc([N+](=O)[O-])ccc1C#N. The molecular formula is C8H6N2O2. The zero-order chi connectivity index (χ0) is 9.14. The van der Waals surface area contributed by atoms with Gasteiger partial charge in [-0.15, -0.1) is 0 Å². The van der Waals surface area contributed by atoms with Crippen LogP contribution in [0.25, 0.3) is 0 Å². The van der Waals surface area contributed by atoms with Crippen LogP contribution in [-0.2, 0) is 0 Å². The number of hydrogen-bond donors (Lipinski definition) is 0. The highest BCUT2D eigenvalue weighted by Crippen LogP contribution is 2.15. The predicted octanol–water partition coefficient (Wildman–Crippen LogP) is 1.77. The maximum Gasteiger partial charge on any atom is 0.269 e. The van der Waals surface area contributed by atoms with Crippen molar-refractivity contribution in [3.8, 4) is 6.07 Å². The molecule has 0 unspecified atom stereocenters. The number of nitro groups is 1. The number of nitro benzene ring substituents is 1. The van der Waals surface area contributed by atoms with E-state index in [9.17, 15) is 10.1 Å². The van der Waals surface area contributed by atoms with Crippen molar-refractivity contribution in [1.29, 1.82) is 5.26 Å². The molecule has 0 saturated carbocycles. The topological polar surface area (TPSA) is 66.9 Å². The van der Waals surface area contributed by atoms with E-state index < -0.39 is 4.92 Å². The molecule has 0 aliphatic heterocycles. The van der Waals surface area contributed by atoms with E-state index in [1.807, 2.05) is 6.07 Å². The van der Waals surface area contributed by atoms with Gasteiger partial charge < -0.3 is 0 Å². The number of nitriles is 1. The third kappa shape index (κ3) is 1.40. The molecule has 1 aromatic rings.